The predicted octanol–water partition coefficient (Wildman–Crippen LogP) is 4.11. The molecule has 0 unspecified atom stereocenters. The van der Waals surface area contributed by atoms with Crippen molar-refractivity contribution in [1.29, 1.82) is 0 Å². The van der Waals surface area contributed by atoms with E-state index in [9.17, 15) is 22.4 Å². The van der Waals surface area contributed by atoms with Crippen molar-refractivity contribution in [3.05, 3.63) is 95.8 Å². The first-order valence-electron chi connectivity index (χ1n) is 12.6. The molecule has 3 aromatic rings. The van der Waals surface area contributed by atoms with Gasteiger partial charge in [-0.2, -0.15) is 0 Å². The molecule has 0 aliphatic heterocycles. The lowest BCUT2D eigenvalue weighted by Crippen LogP contribution is -2.51. The molecule has 10 heteroatoms. The molecule has 0 aromatic heterocycles. The van der Waals surface area contributed by atoms with Crippen LogP contribution in [0.15, 0.2) is 78.9 Å². The Bertz CT molecular complexity index is 1350. The zero-order chi connectivity index (χ0) is 28.4. The molecule has 0 spiro atoms. The fraction of sp³-hybridized carbons (Fsp3) is 0.310. The minimum Gasteiger partial charge on any atom is -0.489 e. The van der Waals surface area contributed by atoms with Gasteiger partial charge >= 0.3 is 0 Å². The fourth-order valence-electron chi connectivity index (χ4n) is 3.85. The third kappa shape index (κ3) is 8.54. The molecule has 208 valence electrons. The van der Waals surface area contributed by atoms with E-state index in [1.807, 2.05) is 37.3 Å². The third-order valence-corrected chi connectivity index (χ3v) is 7.21. The minimum absolute atomic E-state index is 0.198. The van der Waals surface area contributed by atoms with Gasteiger partial charge in [-0.1, -0.05) is 55.5 Å². The number of sulfonamides is 1. The first-order chi connectivity index (χ1) is 18.6. The Morgan fingerprint density at radius 3 is 2.23 bits per heavy atom. The molecular weight excluding hydrogens is 521 g/mol. The minimum atomic E-state index is -3.89. The van der Waals surface area contributed by atoms with Crippen molar-refractivity contribution in [3.63, 3.8) is 0 Å². The highest BCUT2D eigenvalue weighted by Crippen LogP contribution is 2.23. The molecule has 0 radical (unpaired) electrons. The predicted molar refractivity (Wildman–Crippen MR) is 149 cm³/mol. The van der Waals surface area contributed by atoms with Crippen LogP contribution in [0.3, 0.4) is 0 Å². The van der Waals surface area contributed by atoms with Crippen molar-refractivity contribution in [2.24, 2.45) is 0 Å². The van der Waals surface area contributed by atoms with Gasteiger partial charge in [-0.25, -0.2) is 12.8 Å². The van der Waals surface area contributed by atoms with Crippen LogP contribution in [0.1, 0.15) is 31.4 Å². The van der Waals surface area contributed by atoms with Gasteiger partial charge in [-0.3, -0.25) is 13.9 Å². The summed E-state index contributed by atoms with van der Waals surface area (Å²) in [5.74, 6) is -1.05. The SMILES string of the molecule is CCCNC(=O)[C@@H](C)N(Cc1ccccc1F)C(=O)CN(c1ccc(OCc2ccccc2)cc1)S(C)(=O)=O. The van der Waals surface area contributed by atoms with Crippen molar-refractivity contribution in [1.82, 2.24) is 10.2 Å². The average Bonchev–Trinajstić information content (AvgIpc) is 2.93. The molecule has 3 rings (SSSR count). The highest BCUT2D eigenvalue weighted by atomic mass is 32.2. The topological polar surface area (TPSA) is 96.0 Å². The molecule has 3 aromatic carbocycles. The number of rotatable bonds is 13. The van der Waals surface area contributed by atoms with Gasteiger partial charge < -0.3 is 15.0 Å². The quantitative estimate of drug-likeness (QED) is 0.343. The molecule has 1 atom stereocenters. The Labute approximate surface area is 229 Å². The zero-order valence-corrected chi connectivity index (χ0v) is 23.2. The summed E-state index contributed by atoms with van der Waals surface area (Å²) in [4.78, 5) is 27.5. The molecule has 0 heterocycles. The van der Waals surface area contributed by atoms with E-state index >= 15 is 0 Å². The van der Waals surface area contributed by atoms with E-state index in [0.717, 1.165) is 16.1 Å². The van der Waals surface area contributed by atoms with Crippen LogP contribution >= 0.6 is 0 Å². The summed E-state index contributed by atoms with van der Waals surface area (Å²) < 4.78 is 46.6. The first-order valence-corrected chi connectivity index (χ1v) is 14.5. The Hall–Kier alpha value is -3.92. The number of hydrogen-bond acceptors (Lipinski definition) is 5. The number of carbonyl (C=O) groups is 2. The number of amides is 2. The maximum Gasteiger partial charge on any atom is 0.244 e. The number of nitrogens with zero attached hydrogens (tertiary/aromatic N) is 2. The number of anilines is 1. The maximum absolute atomic E-state index is 14.4. The van der Waals surface area contributed by atoms with Crippen molar-refractivity contribution < 1.29 is 27.1 Å². The Kier molecular flexibility index (Phi) is 10.4. The third-order valence-electron chi connectivity index (χ3n) is 6.07. The summed E-state index contributed by atoms with van der Waals surface area (Å²) in [6, 6.07) is 20.9. The van der Waals surface area contributed by atoms with Gasteiger partial charge in [0.05, 0.1) is 11.9 Å². The van der Waals surface area contributed by atoms with Crippen LogP contribution < -0.4 is 14.4 Å². The molecule has 39 heavy (non-hydrogen) atoms. The Balaban J connectivity index is 1.82. The van der Waals surface area contributed by atoms with Crippen molar-refractivity contribution in [2.45, 2.75) is 39.5 Å². The highest BCUT2D eigenvalue weighted by Gasteiger charge is 2.30. The van der Waals surface area contributed by atoms with Crippen molar-refractivity contribution in [3.8, 4) is 5.75 Å². The molecular formula is C29H34FN3O5S. The molecule has 0 bridgehead atoms. The Morgan fingerprint density at radius 1 is 0.974 bits per heavy atom. The first kappa shape index (κ1) is 29.6. The maximum atomic E-state index is 14.4. The molecule has 0 aliphatic rings. The van der Waals surface area contributed by atoms with Gasteiger partial charge in [-0.05, 0) is 49.2 Å². The molecule has 0 aliphatic carbocycles. The second kappa shape index (κ2) is 13.7. The van der Waals surface area contributed by atoms with Crippen LogP contribution in [-0.4, -0.2) is 50.5 Å². The van der Waals surface area contributed by atoms with E-state index < -0.39 is 40.2 Å². The van der Waals surface area contributed by atoms with Crippen LogP contribution in [0.25, 0.3) is 0 Å². The standard InChI is InChI=1S/C29H34FN3O5S/c1-4-18-31-29(35)22(2)32(19-24-12-8-9-13-27(24)30)28(34)20-33(39(3,36)37)25-14-16-26(17-15-25)38-21-23-10-6-5-7-11-23/h5-17,22H,4,18-21H2,1-3H3,(H,31,35)/t22-/m1/s1. The summed E-state index contributed by atoms with van der Waals surface area (Å²) in [5, 5.41) is 2.74. The second-order valence-electron chi connectivity index (χ2n) is 9.12. The molecule has 2 amide bonds. The monoisotopic (exact) mass is 555 g/mol. The molecule has 0 saturated heterocycles. The van der Waals surface area contributed by atoms with E-state index in [-0.39, 0.29) is 17.8 Å². The van der Waals surface area contributed by atoms with E-state index in [0.29, 0.717) is 25.3 Å². The van der Waals surface area contributed by atoms with Crippen molar-refractivity contribution >= 4 is 27.5 Å². The number of benzene rings is 3. The van der Waals surface area contributed by atoms with Crippen LogP contribution in [-0.2, 0) is 32.8 Å². The summed E-state index contributed by atoms with van der Waals surface area (Å²) >= 11 is 0. The van der Waals surface area contributed by atoms with Gasteiger partial charge in [0.15, 0.2) is 0 Å². The number of hydrogen-bond donors (Lipinski definition) is 1. The van der Waals surface area contributed by atoms with Crippen molar-refractivity contribution in [2.75, 3.05) is 23.7 Å². The van der Waals surface area contributed by atoms with E-state index in [4.69, 9.17) is 4.74 Å². The van der Waals surface area contributed by atoms with E-state index in [2.05, 4.69) is 5.32 Å². The largest absolute Gasteiger partial charge is 0.489 e. The lowest BCUT2D eigenvalue weighted by molar-refractivity contribution is -0.139. The van der Waals surface area contributed by atoms with Gasteiger partial charge in [0.2, 0.25) is 21.8 Å². The summed E-state index contributed by atoms with van der Waals surface area (Å²) in [6.45, 7) is 3.43. The molecule has 1 N–H and O–H groups in total. The second-order valence-corrected chi connectivity index (χ2v) is 11.0. The molecule has 0 fully saturated rings. The Morgan fingerprint density at radius 2 is 1.62 bits per heavy atom. The number of nitrogens with one attached hydrogen (secondary N) is 1. The smallest absolute Gasteiger partial charge is 0.244 e. The summed E-state index contributed by atoms with van der Waals surface area (Å²) in [6.07, 6.45) is 1.70. The van der Waals surface area contributed by atoms with Gasteiger partial charge in [0.25, 0.3) is 0 Å². The van der Waals surface area contributed by atoms with E-state index in [1.54, 1.807) is 30.3 Å². The fourth-order valence-corrected chi connectivity index (χ4v) is 4.70. The average molecular weight is 556 g/mol. The summed E-state index contributed by atoms with van der Waals surface area (Å²) in [5.41, 5.74) is 1.45. The van der Waals surface area contributed by atoms with Crippen LogP contribution in [0.4, 0.5) is 10.1 Å². The highest BCUT2D eigenvalue weighted by molar-refractivity contribution is 7.92. The van der Waals surface area contributed by atoms with Gasteiger partial charge in [-0.15, -0.1) is 0 Å². The van der Waals surface area contributed by atoms with Crippen LogP contribution in [0.2, 0.25) is 0 Å². The van der Waals surface area contributed by atoms with Gasteiger partial charge in [0.1, 0.15) is 30.8 Å². The van der Waals surface area contributed by atoms with Crippen LogP contribution in [0, 0.1) is 5.82 Å². The number of carbonyl (C=O) groups excluding carboxylic acids is 2. The van der Waals surface area contributed by atoms with Gasteiger partial charge in [0, 0.05) is 18.7 Å². The lowest BCUT2D eigenvalue weighted by Gasteiger charge is -2.31. The molecule has 8 nitrogen and oxygen atoms in total. The van der Waals surface area contributed by atoms with E-state index in [1.165, 1.54) is 30.0 Å². The normalized spacial score (nSPS) is 11.9. The number of ether oxygens (including phenoxy) is 1. The molecule has 0 saturated carbocycles. The summed E-state index contributed by atoms with van der Waals surface area (Å²) in [7, 11) is -3.89. The van der Waals surface area contributed by atoms with Crippen LogP contribution in [0.5, 0.6) is 5.75 Å². The number of halogens is 1. The zero-order valence-electron chi connectivity index (χ0n) is 22.3. The lowest BCUT2D eigenvalue weighted by atomic mass is 10.1.